The van der Waals surface area contributed by atoms with Crippen LogP contribution in [0.15, 0.2) is 18.2 Å². The molecule has 0 amide bonds. The zero-order valence-corrected chi connectivity index (χ0v) is 16.6. The topological polar surface area (TPSA) is 0 Å². The molecule has 2 aliphatic rings. The smallest absolute Gasteiger partial charge is 0.0273 e. The van der Waals surface area contributed by atoms with Gasteiger partial charge in [0.15, 0.2) is 0 Å². The molecule has 0 bridgehead atoms. The molecule has 0 heterocycles. The molecular weight excluding hydrogens is 407 g/mol. The van der Waals surface area contributed by atoms with E-state index in [2.05, 4.69) is 45.1 Å². The SMILES string of the molecule is CCCCC[C]1C=Cc2cc3c(cc21)CC(C)(C)C3.[Hf]. The minimum atomic E-state index is 0. The Morgan fingerprint density at radius 2 is 1.70 bits per heavy atom. The van der Waals surface area contributed by atoms with E-state index in [4.69, 9.17) is 0 Å². The van der Waals surface area contributed by atoms with Crippen molar-refractivity contribution < 1.29 is 25.8 Å². The zero-order valence-electron chi connectivity index (χ0n) is 13.1. The molecule has 0 spiro atoms. The van der Waals surface area contributed by atoms with Gasteiger partial charge in [-0.1, -0.05) is 64.3 Å². The molecule has 105 valence electrons. The van der Waals surface area contributed by atoms with Crippen LogP contribution in [0.25, 0.3) is 6.08 Å². The Balaban J connectivity index is 0.00000147. The molecule has 1 heteroatoms. The molecule has 1 radical (unpaired) electrons. The predicted octanol–water partition coefficient (Wildman–Crippen LogP) is 5.34. The van der Waals surface area contributed by atoms with Crippen LogP contribution in [0.3, 0.4) is 0 Å². The van der Waals surface area contributed by atoms with Gasteiger partial charge in [0, 0.05) is 31.8 Å². The molecule has 0 saturated heterocycles. The van der Waals surface area contributed by atoms with Gasteiger partial charge in [0.2, 0.25) is 0 Å². The van der Waals surface area contributed by atoms with Crippen molar-refractivity contribution in [3.05, 3.63) is 46.4 Å². The number of unbranched alkanes of at least 4 members (excludes halogenated alkanes) is 2. The summed E-state index contributed by atoms with van der Waals surface area (Å²) in [5.74, 6) is 1.57. The number of rotatable bonds is 4. The molecule has 0 aliphatic heterocycles. The Hall–Kier alpha value is -0.170. The first-order valence-corrected chi connectivity index (χ1v) is 7.79. The van der Waals surface area contributed by atoms with E-state index in [1.54, 1.807) is 17.0 Å². The number of hydrogen-bond donors (Lipinski definition) is 0. The van der Waals surface area contributed by atoms with Crippen LogP contribution in [0.2, 0.25) is 0 Å². The van der Waals surface area contributed by atoms with Crippen molar-refractivity contribution in [1.29, 1.82) is 0 Å². The van der Waals surface area contributed by atoms with Crippen molar-refractivity contribution in [2.45, 2.75) is 59.3 Å². The van der Waals surface area contributed by atoms with E-state index in [0.717, 1.165) is 0 Å². The van der Waals surface area contributed by atoms with Crippen LogP contribution in [-0.4, -0.2) is 0 Å². The van der Waals surface area contributed by atoms with Crippen LogP contribution in [0.1, 0.15) is 68.7 Å². The van der Waals surface area contributed by atoms with Gasteiger partial charge < -0.3 is 0 Å². The number of allylic oxidation sites excluding steroid dienone is 1. The fraction of sp³-hybridized carbons (Fsp3) is 0.526. The van der Waals surface area contributed by atoms with Gasteiger partial charge >= 0.3 is 0 Å². The van der Waals surface area contributed by atoms with Gasteiger partial charge in [-0.15, -0.1) is 0 Å². The molecule has 1 aromatic carbocycles. The Labute approximate surface area is 142 Å². The molecule has 3 rings (SSSR count). The normalized spacial score (nSPS) is 18.8. The van der Waals surface area contributed by atoms with E-state index in [-0.39, 0.29) is 25.8 Å². The average molecular weight is 432 g/mol. The maximum atomic E-state index is 2.49. The van der Waals surface area contributed by atoms with Crippen LogP contribution < -0.4 is 0 Å². The van der Waals surface area contributed by atoms with Crippen molar-refractivity contribution in [3.8, 4) is 0 Å². The van der Waals surface area contributed by atoms with Crippen LogP contribution >= 0.6 is 0 Å². The minimum Gasteiger partial charge on any atom is -0.0721 e. The Morgan fingerprint density at radius 1 is 1.00 bits per heavy atom. The quantitative estimate of drug-likeness (QED) is 0.446. The molecule has 0 saturated carbocycles. The van der Waals surface area contributed by atoms with E-state index in [1.807, 2.05) is 0 Å². The summed E-state index contributed by atoms with van der Waals surface area (Å²) in [6.45, 7) is 7.05. The first-order chi connectivity index (χ1) is 9.09. The molecule has 0 unspecified atom stereocenters. The summed E-state index contributed by atoms with van der Waals surface area (Å²) in [7, 11) is 0. The van der Waals surface area contributed by atoms with Crippen LogP contribution in [0.4, 0.5) is 0 Å². The van der Waals surface area contributed by atoms with Crippen LogP contribution in [0, 0.1) is 11.3 Å². The second-order valence-corrected chi connectivity index (χ2v) is 7.04. The molecule has 0 atom stereocenters. The Bertz CT molecular complexity index is 511. The van der Waals surface area contributed by atoms with Gasteiger partial charge in [-0.25, -0.2) is 0 Å². The van der Waals surface area contributed by atoms with E-state index in [1.165, 1.54) is 49.7 Å². The van der Waals surface area contributed by atoms with Gasteiger partial charge in [-0.05, 0) is 46.9 Å². The third-order valence-corrected chi connectivity index (χ3v) is 4.57. The maximum Gasteiger partial charge on any atom is 0.0273 e. The Morgan fingerprint density at radius 3 is 2.40 bits per heavy atom. The third-order valence-electron chi connectivity index (χ3n) is 4.57. The standard InChI is InChI=1S/C19H25.Hf/c1-4-5-6-7-14-8-9-15-10-16-12-19(2,3)13-17(16)11-18(14)15;/h8-11H,4-7,12-13H2,1-3H3;. The van der Waals surface area contributed by atoms with Gasteiger partial charge in [-0.3, -0.25) is 0 Å². The summed E-state index contributed by atoms with van der Waals surface area (Å²) < 4.78 is 0. The summed E-state index contributed by atoms with van der Waals surface area (Å²) in [5.41, 5.74) is 6.63. The van der Waals surface area contributed by atoms with Crippen molar-refractivity contribution in [1.82, 2.24) is 0 Å². The maximum absolute atomic E-state index is 2.49. The summed E-state index contributed by atoms with van der Waals surface area (Å²) in [6.07, 6.45) is 12.4. The van der Waals surface area contributed by atoms with Gasteiger partial charge in [0.25, 0.3) is 0 Å². The van der Waals surface area contributed by atoms with E-state index >= 15 is 0 Å². The molecule has 0 fully saturated rings. The molecule has 0 N–H and O–H groups in total. The summed E-state index contributed by atoms with van der Waals surface area (Å²) in [5, 5.41) is 0. The Kier molecular flexibility index (Phi) is 5.10. The second kappa shape index (κ2) is 6.30. The monoisotopic (exact) mass is 433 g/mol. The molecule has 20 heavy (non-hydrogen) atoms. The predicted molar refractivity (Wildman–Crippen MR) is 83.2 cm³/mol. The second-order valence-electron chi connectivity index (χ2n) is 7.04. The first-order valence-electron chi connectivity index (χ1n) is 7.79. The molecular formula is C19H25Hf. The van der Waals surface area contributed by atoms with E-state index in [0.29, 0.717) is 5.41 Å². The van der Waals surface area contributed by atoms with Gasteiger partial charge in [0.05, 0.1) is 0 Å². The number of fused-ring (bicyclic) bond motifs is 2. The zero-order chi connectivity index (χ0) is 13.5. The average Bonchev–Trinajstić information content (AvgIpc) is 2.85. The molecule has 0 nitrogen and oxygen atoms in total. The molecule has 2 aliphatic carbocycles. The molecule has 1 aromatic rings. The summed E-state index contributed by atoms with van der Waals surface area (Å²) in [6, 6.07) is 4.93. The fourth-order valence-electron chi connectivity index (χ4n) is 3.61. The fourth-order valence-corrected chi connectivity index (χ4v) is 3.61. The number of hydrogen-bond acceptors (Lipinski definition) is 0. The van der Waals surface area contributed by atoms with Crippen molar-refractivity contribution in [3.63, 3.8) is 0 Å². The third kappa shape index (κ3) is 3.18. The van der Waals surface area contributed by atoms with Crippen molar-refractivity contribution in [2.75, 3.05) is 0 Å². The van der Waals surface area contributed by atoms with Crippen LogP contribution in [-0.2, 0) is 38.7 Å². The largest absolute Gasteiger partial charge is 0.0721 e. The van der Waals surface area contributed by atoms with Crippen molar-refractivity contribution >= 4 is 6.08 Å². The minimum absolute atomic E-state index is 0. The first kappa shape index (κ1) is 16.2. The van der Waals surface area contributed by atoms with Crippen LogP contribution in [0.5, 0.6) is 0 Å². The summed E-state index contributed by atoms with van der Waals surface area (Å²) >= 11 is 0. The summed E-state index contributed by atoms with van der Waals surface area (Å²) in [4.78, 5) is 0. The van der Waals surface area contributed by atoms with E-state index < -0.39 is 0 Å². The van der Waals surface area contributed by atoms with Gasteiger partial charge in [-0.2, -0.15) is 0 Å². The molecule has 0 aromatic heterocycles. The number of benzene rings is 1. The van der Waals surface area contributed by atoms with Gasteiger partial charge in [0.1, 0.15) is 0 Å². The van der Waals surface area contributed by atoms with Crippen molar-refractivity contribution in [2.24, 2.45) is 5.41 Å². The van der Waals surface area contributed by atoms with E-state index in [9.17, 15) is 0 Å².